The molecule has 0 heterocycles. The molecule has 2 rings (SSSR count). The number of nitrogens with one attached hydrogen (secondary N) is 1. The molecule has 1 aliphatic carbocycles. The Labute approximate surface area is 196 Å². The van der Waals surface area contributed by atoms with Gasteiger partial charge in [0, 0.05) is 44.7 Å². The maximum absolute atomic E-state index is 11.8. The first-order valence-electron chi connectivity index (χ1n) is 11.4. The number of carbonyl (C=O) groups is 1. The van der Waals surface area contributed by atoms with E-state index in [2.05, 4.69) is 29.1 Å². The van der Waals surface area contributed by atoms with E-state index in [9.17, 15) is 15.0 Å². The molecule has 182 valence electrons. The lowest BCUT2D eigenvalue weighted by Gasteiger charge is -2.32. The number of nitrogens with zero attached hydrogens (tertiary/aromatic N) is 1. The molecule has 0 saturated carbocycles. The summed E-state index contributed by atoms with van der Waals surface area (Å²) in [5, 5.41) is 23.9. The largest absolute Gasteiger partial charge is 0.504 e. The SMILES string of the molecule is CCC1(CNC(N)=NC)C#CCC(Cc2ccc(O)c(OC)c2)C(OC(C)=O)CC(O)CC1. The van der Waals surface area contributed by atoms with Crippen LogP contribution in [0, 0.1) is 23.2 Å². The number of hydrogen-bond acceptors (Lipinski definition) is 6. The van der Waals surface area contributed by atoms with Gasteiger partial charge in [0.05, 0.1) is 13.2 Å². The molecule has 8 heteroatoms. The molecule has 0 saturated heterocycles. The Bertz CT molecular complexity index is 892. The number of carbonyl (C=O) groups excluding carboxylic acids is 1. The van der Waals surface area contributed by atoms with E-state index in [0.29, 0.717) is 50.4 Å². The summed E-state index contributed by atoms with van der Waals surface area (Å²) in [5.74, 6) is 7.07. The third-order valence-electron chi connectivity index (χ3n) is 6.29. The van der Waals surface area contributed by atoms with Crippen LogP contribution in [-0.4, -0.2) is 55.1 Å². The van der Waals surface area contributed by atoms with Gasteiger partial charge in [0.25, 0.3) is 0 Å². The molecular weight excluding hydrogens is 422 g/mol. The maximum Gasteiger partial charge on any atom is 0.302 e. The molecule has 0 aliphatic heterocycles. The topological polar surface area (TPSA) is 126 Å². The van der Waals surface area contributed by atoms with Gasteiger partial charge in [-0.1, -0.05) is 18.9 Å². The molecule has 5 N–H and O–H groups in total. The number of phenolic OH excluding ortho intramolecular Hbond substituents is 1. The van der Waals surface area contributed by atoms with Crippen molar-refractivity contribution in [2.75, 3.05) is 20.7 Å². The van der Waals surface area contributed by atoms with Gasteiger partial charge in [0.2, 0.25) is 0 Å². The van der Waals surface area contributed by atoms with Crippen LogP contribution in [0.4, 0.5) is 0 Å². The number of aliphatic hydroxyl groups is 1. The minimum atomic E-state index is -0.630. The summed E-state index contributed by atoms with van der Waals surface area (Å²) in [4.78, 5) is 15.8. The van der Waals surface area contributed by atoms with Crippen molar-refractivity contribution >= 4 is 11.9 Å². The number of nitrogens with two attached hydrogens (primary N) is 1. The van der Waals surface area contributed by atoms with Gasteiger partial charge in [0.15, 0.2) is 17.5 Å². The Balaban J connectivity index is 2.36. The number of esters is 1. The van der Waals surface area contributed by atoms with Crippen LogP contribution in [0.3, 0.4) is 0 Å². The fraction of sp³-hybridized carbons (Fsp3) is 0.600. The summed E-state index contributed by atoms with van der Waals surface area (Å²) < 4.78 is 10.9. The van der Waals surface area contributed by atoms with Crippen LogP contribution >= 0.6 is 0 Å². The Morgan fingerprint density at radius 2 is 2.18 bits per heavy atom. The molecule has 0 fully saturated rings. The van der Waals surface area contributed by atoms with Gasteiger partial charge in [-0.25, -0.2) is 0 Å². The molecule has 0 radical (unpaired) electrons. The van der Waals surface area contributed by atoms with Crippen molar-refractivity contribution in [3.8, 4) is 23.3 Å². The predicted octanol–water partition coefficient (Wildman–Crippen LogP) is 2.36. The molecule has 1 aliphatic rings. The first kappa shape index (κ1) is 26.3. The van der Waals surface area contributed by atoms with Crippen molar-refractivity contribution in [3.63, 3.8) is 0 Å². The number of rotatable bonds is 7. The van der Waals surface area contributed by atoms with Crippen molar-refractivity contribution in [2.45, 2.75) is 64.6 Å². The molecule has 0 spiro atoms. The molecule has 4 unspecified atom stereocenters. The average Bonchev–Trinajstić information content (AvgIpc) is 2.79. The highest BCUT2D eigenvalue weighted by atomic mass is 16.5. The molecule has 0 amide bonds. The smallest absolute Gasteiger partial charge is 0.302 e. The minimum absolute atomic E-state index is 0.0640. The van der Waals surface area contributed by atoms with Gasteiger partial charge in [-0.2, -0.15) is 0 Å². The van der Waals surface area contributed by atoms with Crippen LogP contribution in [0.1, 0.15) is 51.5 Å². The van der Waals surface area contributed by atoms with Gasteiger partial charge in [-0.3, -0.25) is 9.79 Å². The predicted molar refractivity (Wildman–Crippen MR) is 128 cm³/mol. The van der Waals surface area contributed by atoms with Gasteiger partial charge < -0.3 is 30.7 Å². The Morgan fingerprint density at radius 1 is 1.42 bits per heavy atom. The quantitative estimate of drug-likeness (QED) is 0.213. The molecule has 33 heavy (non-hydrogen) atoms. The van der Waals surface area contributed by atoms with Crippen molar-refractivity contribution in [1.29, 1.82) is 0 Å². The normalized spacial score (nSPS) is 26.0. The zero-order valence-electron chi connectivity index (χ0n) is 20.1. The number of phenols is 1. The molecule has 1 aromatic carbocycles. The van der Waals surface area contributed by atoms with Gasteiger partial charge in [0.1, 0.15) is 6.10 Å². The first-order valence-corrected chi connectivity index (χ1v) is 11.4. The number of benzene rings is 1. The second-order valence-corrected chi connectivity index (χ2v) is 8.65. The summed E-state index contributed by atoms with van der Waals surface area (Å²) in [6.07, 6.45) is 2.31. The number of aliphatic imine (C=N–C) groups is 1. The monoisotopic (exact) mass is 459 g/mol. The van der Waals surface area contributed by atoms with Crippen molar-refractivity contribution in [1.82, 2.24) is 5.32 Å². The average molecular weight is 460 g/mol. The van der Waals surface area contributed by atoms with Crippen LogP contribution in [0.25, 0.3) is 0 Å². The van der Waals surface area contributed by atoms with E-state index in [1.165, 1.54) is 14.0 Å². The van der Waals surface area contributed by atoms with Crippen molar-refractivity contribution < 1.29 is 24.5 Å². The van der Waals surface area contributed by atoms with Crippen LogP contribution in [-0.2, 0) is 16.0 Å². The third kappa shape index (κ3) is 7.86. The summed E-state index contributed by atoms with van der Waals surface area (Å²) in [6, 6.07) is 5.18. The summed E-state index contributed by atoms with van der Waals surface area (Å²) in [5.41, 5.74) is 6.40. The van der Waals surface area contributed by atoms with Gasteiger partial charge >= 0.3 is 5.97 Å². The van der Waals surface area contributed by atoms with Crippen LogP contribution in [0.15, 0.2) is 23.2 Å². The van der Waals surface area contributed by atoms with Crippen LogP contribution in [0.5, 0.6) is 11.5 Å². The standard InChI is InChI=1S/C25H37N3O5/c1-5-25(16-28-24(26)27-3)11-6-7-19(13-18-8-9-21(31)23(14-18)32-4)22(33-17(2)29)15-20(30)10-12-25/h8-9,14,19-20,22,30-31H,5,7,10,12-13,15-16H2,1-4H3,(H3,26,27,28). The minimum Gasteiger partial charge on any atom is -0.504 e. The lowest BCUT2D eigenvalue weighted by atomic mass is 9.77. The fourth-order valence-electron chi connectivity index (χ4n) is 4.16. The highest BCUT2D eigenvalue weighted by Gasteiger charge is 2.32. The van der Waals surface area contributed by atoms with E-state index in [0.717, 1.165) is 12.0 Å². The highest BCUT2D eigenvalue weighted by molar-refractivity contribution is 5.77. The third-order valence-corrected chi connectivity index (χ3v) is 6.29. The lowest BCUT2D eigenvalue weighted by molar-refractivity contribution is -0.151. The zero-order chi connectivity index (χ0) is 24.4. The van der Waals surface area contributed by atoms with Crippen LogP contribution < -0.4 is 15.8 Å². The van der Waals surface area contributed by atoms with E-state index < -0.39 is 12.2 Å². The Morgan fingerprint density at radius 3 is 2.82 bits per heavy atom. The lowest BCUT2D eigenvalue weighted by Crippen LogP contribution is -2.41. The number of aliphatic hydroxyl groups excluding tert-OH is 1. The maximum atomic E-state index is 11.8. The van der Waals surface area contributed by atoms with Gasteiger partial charge in [-0.05, 0) is 43.4 Å². The number of ether oxygens (including phenoxy) is 2. The second kappa shape index (κ2) is 12.4. The fourth-order valence-corrected chi connectivity index (χ4v) is 4.16. The second-order valence-electron chi connectivity index (χ2n) is 8.65. The number of methoxy groups -OCH3 is 1. The first-order chi connectivity index (χ1) is 15.7. The van der Waals surface area contributed by atoms with Crippen molar-refractivity contribution in [2.24, 2.45) is 22.1 Å². The molecule has 8 nitrogen and oxygen atoms in total. The number of aromatic hydroxyl groups is 1. The molecule has 0 bridgehead atoms. The molecule has 1 aromatic rings. The van der Waals surface area contributed by atoms with E-state index in [1.54, 1.807) is 19.2 Å². The number of guanidine groups is 1. The molecular formula is C25H37N3O5. The summed E-state index contributed by atoms with van der Waals surface area (Å²) in [7, 11) is 3.13. The number of hydrogen-bond donors (Lipinski definition) is 4. The van der Waals surface area contributed by atoms with E-state index >= 15 is 0 Å². The van der Waals surface area contributed by atoms with E-state index in [4.69, 9.17) is 15.2 Å². The van der Waals surface area contributed by atoms with Crippen molar-refractivity contribution in [3.05, 3.63) is 23.8 Å². The summed E-state index contributed by atoms with van der Waals surface area (Å²) >= 11 is 0. The molecule has 4 atom stereocenters. The Hall–Kier alpha value is -2.92. The Kier molecular flexibility index (Phi) is 9.86. The van der Waals surface area contributed by atoms with Gasteiger partial charge in [-0.15, -0.1) is 5.92 Å². The van der Waals surface area contributed by atoms with E-state index in [1.807, 2.05) is 6.07 Å². The highest BCUT2D eigenvalue weighted by Crippen LogP contribution is 2.33. The van der Waals surface area contributed by atoms with Crippen LogP contribution in [0.2, 0.25) is 0 Å². The zero-order valence-corrected chi connectivity index (χ0v) is 20.1. The summed E-state index contributed by atoms with van der Waals surface area (Å²) in [6.45, 7) is 4.00. The molecule has 0 aromatic heterocycles. The van der Waals surface area contributed by atoms with E-state index in [-0.39, 0.29) is 23.1 Å².